The van der Waals surface area contributed by atoms with Gasteiger partial charge in [-0.2, -0.15) is 0 Å². The summed E-state index contributed by atoms with van der Waals surface area (Å²) in [6, 6.07) is 14.2. The second-order valence-corrected chi connectivity index (χ2v) is 5.75. The van der Waals surface area contributed by atoms with Crippen LogP contribution in [0.1, 0.15) is 23.6 Å². The van der Waals surface area contributed by atoms with Crippen molar-refractivity contribution in [2.75, 3.05) is 11.1 Å². The van der Waals surface area contributed by atoms with Crippen molar-refractivity contribution in [2.24, 2.45) is 0 Å². The molecule has 1 unspecified atom stereocenters. The molecule has 102 valence electrons. The van der Waals surface area contributed by atoms with Gasteiger partial charge in [0, 0.05) is 16.8 Å². The summed E-state index contributed by atoms with van der Waals surface area (Å²) in [5.41, 5.74) is 11.4. The molecule has 0 heterocycles. The Labute approximate surface area is 118 Å². The minimum absolute atomic E-state index is 0.00271. The van der Waals surface area contributed by atoms with Gasteiger partial charge < -0.3 is 11.1 Å². The molecule has 1 aliphatic carbocycles. The highest BCUT2D eigenvalue weighted by Gasteiger charge is 2.35. The van der Waals surface area contributed by atoms with Crippen LogP contribution in [0, 0.1) is 0 Å². The zero-order chi connectivity index (χ0) is 14.2. The van der Waals surface area contributed by atoms with Gasteiger partial charge >= 0.3 is 0 Å². The van der Waals surface area contributed by atoms with Crippen LogP contribution in [-0.4, -0.2) is 6.41 Å². The average Bonchev–Trinajstić information content (AvgIpc) is 2.76. The first kappa shape index (κ1) is 12.7. The molecular formula is C17H18N2O. The third kappa shape index (κ3) is 2.05. The lowest BCUT2D eigenvalue weighted by Gasteiger charge is -2.26. The van der Waals surface area contributed by atoms with Crippen LogP contribution in [0.5, 0.6) is 0 Å². The summed E-state index contributed by atoms with van der Waals surface area (Å²) in [5, 5.41) is 2.81. The molecule has 0 aliphatic heterocycles. The molecule has 0 radical (unpaired) electrons. The lowest BCUT2D eigenvalue weighted by molar-refractivity contribution is -0.105. The van der Waals surface area contributed by atoms with E-state index in [0.717, 1.165) is 30.6 Å². The predicted molar refractivity (Wildman–Crippen MR) is 81.7 cm³/mol. The van der Waals surface area contributed by atoms with Crippen LogP contribution in [0.15, 0.2) is 42.5 Å². The van der Waals surface area contributed by atoms with Gasteiger partial charge in [0.15, 0.2) is 0 Å². The smallest absolute Gasteiger partial charge is 0.211 e. The summed E-state index contributed by atoms with van der Waals surface area (Å²) in [6.45, 7) is 2.24. The summed E-state index contributed by atoms with van der Waals surface area (Å²) in [7, 11) is 0. The molecule has 0 spiro atoms. The van der Waals surface area contributed by atoms with Crippen LogP contribution in [0.25, 0.3) is 0 Å². The van der Waals surface area contributed by atoms with Crippen molar-refractivity contribution in [1.82, 2.24) is 0 Å². The van der Waals surface area contributed by atoms with Gasteiger partial charge in [-0.15, -0.1) is 0 Å². The molecule has 0 fully saturated rings. The Morgan fingerprint density at radius 1 is 1.15 bits per heavy atom. The number of nitrogens with one attached hydrogen (secondary N) is 1. The third-order valence-electron chi connectivity index (χ3n) is 4.18. The summed E-state index contributed by atoms with van der Waals surface area (Å²) >= 11 is 0. The molecule has 1 amide bonds. The van der Waals surface area contributed by atoms with E-state index >= 15 is 0 Å². The Bertz CT molecular complexity index is 666. The minimum atomic E-state index is 0.00271. The number of fused-ring (bicyclic) bond motifs is 1. The van der Waals surface area contributed by atoms with Crippen molar-refractivity contribution in [3.05, 3.63) is 59.2 Å². The molecule has 3 N–H and O–H groups in total. The maximum Gasteiger partial charge on any atom is 0.211 e. The molecule has 1 atom stereocenters. The zero-order valence-corrected chi connectivity index (χ0v) is 11.5. The topological polar surface area (TPSA) is 55.1 Å². The van der Waals surface area contributed by atoms with E-state index in [-0.39, 0.29) is 5.41 Å². The monoisotopic (exact) mass is 266 g/mol. The molecule has 1 aliphatic rings. The average molecular weight is 266 g/mol. The first-order chi connectivity index (χ1) is 9.62. The Kier molecular flexibility index (Phi) is 2.97. The molecule has 20 heavy (non-hydrogen) atoms. The number of nitrogen functional groups attached to an aromatic ring is 1. The van der Waals surface area contributed by atoms with Crippen LogP contribution in [-0.2, 0) is 23.1 Å². The number of rotatable bonds is 3. The predicted octanol–water partition coefficient (Wildman–Crippen LogP) is 2.89. The number of benzene rings is 2. The normalized spacial score (nSPS) is 20.4. The van der Waals surface area contributed by atoms with Crippen LogP contribution in [0.4, 0.5) is 11.4 Å². The van der Waals surface area contributed by atoms with Gasteiger partial charge in [0.1, 0.15) is 0 Å². The molecule has 0 bridgehead atoms. The maximum atomic E-state index is 10.8. The van der Waals surface area contributed by atoms with E-state index in [1.54, 1.807) is 0 Å². The van der Waals surface area contributed by atoms with Crippen molar-refractivity contribution >= 4 is 17.8 Å². The van der Waals surface area contributed by atoms with Crippen LogP contribution >= 0.6 is 0 Å². The van der Waals surface area contributed by atoms with Crippen LogP contribution in [0.2, 0.25) is 0 Å². The molecule has 0 aromatic heterocycles. The number of hydrogen-bond donors (Lipinski definition) is 2. The summed E-state index contributed by atoms with van der Waals surface area (Å²) in [4.78, 5) is 10.8. The second kappa shape index (κ2) is 4.67. The van der Waals surface area contributed by atoms with Gasteiger partial charge in [-0.1, -0.05) is 31.2 Å². The van der Waals surface area contributed by atoms with Crippen molar-refractivity contribution in [3.8, 4) is 0 Å². The number of hydrogen-bond acceptors (Lipinski definition) is 2. The van der Waals surface area contributed by atoms with Gasteiger partial charge in [-0.3, -0.25) is 4.79 Å². The van der Waals surface area contributed by atoms with Crippen molar-refractivity contribution in [2.45, 2.75) is 25.2 Å². The van der Waals surface area contributed by atoms with Gasteiger partial charge in [0.25, 0.3) is 0 Å². The van der Waals surface area contributed by atoms with E-state index in [1.165, 1.54) is 16.7 Å². The lowest BCUT2D eigenvalue weighted by Crippen LogP contribution is -2.23. The van der Waals surface area contributed by atoms with E-state index in [1.807, 2.05) is 24.3 Å². The molecular weight excluding hydrogens is 248 g/mol. The Morgan fingerprint density at radius 2 is 1.90 bits per heavy atom. The van der Waals surface area contributed by atoms with E-state index in [9.17, 15) is 4.79 Å². The minimum Gasteiger partial charge on any atom is -0.399 e. The second-order valence-electron chi connectivity index (χ2n) is 5.75. The van der Waals surface area contributed by atoms with Crippen molar-refractivity contribution < 1.29 is 4.79 Å². The third-order valence-corrected chi connectivity index (χ3v) is 4.18. The standard InChI is InChI=1S/C17H18N2O/c1-17(15-4-2-3-5-16(15)19-11-20)9-12-6-7-14(18)8-13(12)10-17/h2-8,11H,9-10,18H2,1H3,(H,19,20). The van der Waals surface area contributed by atoms with Gasteiger partial charge in [0.2, 0.25) is 6.41 Å². The number of anilines is 2. The number of carbonyl (C=O) groups is 1. The van der Waals surface area contributed by atoms with E-state index in [0.29, 0.717) is 0 Å². The zero-order valence-electron chi connectivity index (χ0n) is 11.5. The molecule has 2 aromatic carbocycles. The number of nitrogens with two attached hydrogens (primary N) is 1. The first-order valence-corrected chi connectivity index (χ1v) is 6.79. The largest absolute Gasteiger partial charge is 0.399 e. The maximum absolute atomic E-state index is 10.8. The Morgan fingerprint density at radius 3 is 2.70 bits per heavy atom. The first-order valence-electron chi connectivity index (χ1n) is 6.79. The van der Waals surface area contributed by atoms with E-state index in [4.69, 9.17) is 5.73 Å². The van der Waals surface area contributed by atoms with E-state index < -0.39 is 0 Å². The highest BCUT2D eigenvalue weighted by Crippen LogP contribution is 2.42. The molecule has 3 nitrogen and oxygen atoms in total. The molecule has 3 heteroatoms. The molecule has 3 rings (SSSR count). The molecule has 2 aromatic rings. The van der Waals surface area contributed by atoms with Gasteiger partial charge in [0.05, 0.1) is 0 Å². The van der Waals surface area contributed by atoms with Crippen LogP contribution in [0.3, 0.4) is 0 Å². The van der Waals surface area contributed by atoms with Crippen molar-refractivity contribution in [3.63, 3.8) is 0 Å². The summed E-state index contributed by atoms with van der Waals surface area (Å²) in [6.07, 6.45) is 2.66. The Hall–Kier alpha value is -2.29. The Balaban J connectivity index is 2.02. The molecule has 0 saturated heterocycles. The molecule has 0 saturated carbocycles. The summed E-state index contributed by atoms with van der Waals surface area (Å²) in [5.74, 6) is 0. The fourth-order valence-electron chi connectivity index (χ4n) is 3.28. The SMILES string of the molecule is CC1(c2ccccc2NC=O)Cc2ccc(N)cc2C1. The van der Waals surface area contributed by atoms with Gasteiger partial charge in [-0.05, 0) is 47.7 Å². The highest BCUT2D eigenvalue weighted by atomic mass is 16.1. The number of carbonyl (C=O) groups excluding carboxylic acids is 1. The fourth-order valence-corrected chi connectivity index (χ4v) is 3.28. The number of para-hydroxylation sites is 1. The quantitative estimate of drug-likeness (QED) is 0.663. The number of amides is 1. The van der Waals surface area contributed by atoms with Crippen LogP contribution < -0.4 is 11.1 Å². The fraction of sp³-hybridized carbons (Fsp3) is 0.235. The van der Waals surface area contributed by atoms with Gasteiger partial charge in [-0.25, -0.2) is 0 Å². The van der Waals surface area contributed by atoms with Crippen molar-refractivity contribution in [1.29, 1.82) is 0 Å². The lowest BCUT2D eigenvalue weighted by atomic mass is 9.79. The summed E-state index contributed by atoms with van der Waals surface area (Å²) < 4.78 is 0. The van der Waals surface area contributed by atoms with E-state index in [2.05, 4.69) is 30.4 Å². The highest BCUT2D eigenvalue weighted by molar-refractivity contribution is 5.74.